The van der Waals surface area contributed by atoms with Crippen molar-refractivity contribution in [2.45, 2.75) is 39.3 Å². The quantitative estimate of drug-likeness (QED) is 0.702. The van der Waals surface area contributed by atoms with Gasteiger partial charge in [0.25, 0.3) is 0 Å². The first-order valence-electron chi connectivity index (χ1n) is 5.30. The van der Waals surface area contributed by atoms with E-state index in [0.29, 0.717) is 6.04 Å². The minimum absolute atomic E-state index is 0.148. The number of nitrogens with one attached hydrogen (secondary N) is 1. The lowest BCUT2D eigenvalue weighted by atomic mass is 10.0. The maximum atomic E-state index is 8.19. The van der Waals surface area contributed by atoms with Crippen molar-refractivity contribution >= 4 is 0 Å². The van der Waals surface area contributed by atoms with Crippen molar-refractivity contribution in [1.82, 2.24) is 5.32 Å². The summed E-state index contributed by atoms with van der Waals surface area (Å²) in [5, 5.41) is 11.2. The molecule has 2 rings (SSSR count). The number of nitriles is 1. The van der Waals surface area contributed by atoms with Gasteiger partial charge in [-0.1, -0.05) is 35.4 Å². The molecule has 2 unspecified atom stereocenters. The second kappa shape index (κ2) is 5.53. The third kappa shape index (κ3) is 4.14. The molecule has 2 atom stereocenters. The Morgan fingerprint density at radius 2 is 1.60 bits per heavy atom. The zero-order chi connectivity index (χ0) is 11.3. The molecule has 1 aliphatic rings. The number of hydrogen-bond donors (Lipinski definition) is 1. The van der Waals surface area contributed by atoms with Crippen molar-refractivity contribution < 1.29 is 0 Å². The van der Waals surface area contributed by atoms with Crippen LogP contribution in [0.4, 0.5) is 0 Å². The zero-order valence-corrected chi connectivity index (χ0v) is 9.62. The first-order chi connectivity index (χ1) is 7.11. The molecule has 2 nitrogen and oxygen atoms in total. The van der Waals surface area contributed by atoms with Gasteiger partial charge in [0.1, 0.15) is 0 Å². The first-order valence-corrected chi connectivity index (χ1v) is 5.30. The molecule has 2 heteroatoms. The highest BCUT2D eigenvalue weighted by atomic mass is 15.0. The summed E-state index contributed by atoms with van der Waals surface area (Å²) in [5.41, 5.74) is 2.66. The fourth-order valence-electron chi connectivity index (χ4n) is 1.40. The van der Waals surface area contributed by atoms with Gasteiger partial charge in [-0.15, -0.1) is 0 Å². The molecule has 0 saturated carbocycles. The Hall–Kier alpha value is -1.33. The lowest BCUT2D eigenvalue weighted by Crippen LogP contribution is -2.49. The second-order valence-corrected chi connectivity index (χ2v) is 4.14. The summed E-state index contributed by atoms with van der Waals surface area (Å²) >= 11 is 0. The summed E-state index contributed by atoms with van der Waals surface area (Å²) in [7, 11) is 0. The van der Waals surface area contributed by atoms with E-state index in [4.69, 9.17) is 5.26 Å². The molecule has 0 aliphatic carbocycles. The topological polar surface area (TPSA) is 35.8 Å². The third-order valence-electron chi connectivity index (χ3n) is 2.45. The maximum Gasteiger partial charge on any atom is 0.0969 e. The average molecular weight is 202 g/mol. The van der Waals surface area contributed by atoms with Gasteiger partial charge >= 0.3 is 0 Å². The summed E-state index contributed by atoms with van der Waals surface area (Å²) in [6, 6.07) is 11.3. The molecule has 0 radical (unpaired) electrons. The Kier molecular flexibility index (Phi) is 4.33. The summed E-state index contributed by atoms with van der Waals surface area (Å²) in [6.45, 7) is 6.27. The van der Waals surface area contributed by atoms with Crippen molar-refractivity contribution in [2.24, 2.45) is 0 Å². The molecule has 1 aromatic carbocycles. The van der Waals surface area contributed by atoms with Crippen LogP contribution in [0.1, 0.15) is 24.5 Å². The van der Waals surface area contributed by atoms with Gasteiger partial charge in [0, 0.05) is 6.04 Å². The minimum atomic E-state index is 0.148. The van der Waals surface area contributed by atoms with Crippen LogP contribution in [-0.4, -0.2) is 12.1 Å². The van der Waals surface area contributed by atoms with Gasteiger partial charge in [-0.05, 0) is 27.2 Å². The smallest absolute Gasteiger partial charge is 0.0969 e. The molecule has 0 amide bonds. The number of hydrogen-bond acceptors (Lipinski definition) is 2. The second-order valence-electron chi connectivity index (χ2n) is 4.14. The van der Waals surface area contributed by atoms with E-state index in [1.165, 1.54) is 11.1 Å². The van der Waals surface area contributed by atoms with E-state index < -0.39 is 0 Å². The molecule has 1 heterocycles. The fraction of sp³-hybridized carbons (Fsp3) is 0.462. The number of nitrogens with zero attached hydrogens (tertiary/aromatic N) is 1. The van der Waals surface area contributed by atoms with Gasteiger partial charge in [-0.2, -0.15) is 5.26 Å². The molecular weight excluding hydrogens is 184 g/mol. The van der Waals surface area contributed by atoms with Crippen LogP contribution < -0.4 is 5.32 Å². The monoisotopic (exact) mass is 202 g/mol. The van der Waals surface area contributed by atoms with Crippen LogP contribution in [0.5, 0.6) is 0 Å². The van der Waals surface area contributed by atoms with E-state index in [2.05, 4.69) is 56.4 Å². The number of aryl methyl sites for hydroxylation is 2. The largest absolute Gasteiger partial charge is 0.299 e. The summed E-state index contributed by atoms with van der Waals surface area (Å²) in [5.74, 6) is 0. The minimum Gasteiger partial charge on any atom is -0.299 e. The van der Waals surface area contributed by atoms with Gasteiger partial charge < -0.3 is 0 Å². The SMILES string of the molecule is CC1CC(C#N)N1.Cc1ccc(C)cc1. The van der Waals surface area contributed by atoms with Crippen molar-refractivity contribution in [3.8, 4) is 6.07 Å². The molecule has 1 aromatic rings. The number of benzene rings is 1. The van der Waals surface area contributed by atoms with Crippen LogP contribution in [0.3, 0.4) is 0 Å². The third-order valence-corrected chi connectivity index (χ3v) is 2.45. The van der Waals surface area contributed by atoms with Crippen LogP contribution in [0.15, 0.2) is 24.3 Å². The van der Waals surface area contributed by atoms with E-state index >= 15 is 0 Å². The molecule has 15 heavy (non-hydrogen) atoms. The van der Waals surface area contributed by atoms with Crippen LogP contribution in [-0.2, 0) is 0 Å². The molecule has 0 bridgehead atoms. The molecule has 0 spiro atoms. The Morgan fingerprint density at radius 3 is 1.80 bits per heavy atom. The van der Waals surface area contributed by atoms with Gasteiger partial charge in [-0.3, -0.25) is 5.32 Å². The molecule has 1 saturated heterocycles. The summed E-state index contributed by atoms with van der Waals surface area (Å²) < 4.78 is 0. The maximum absolute atomic E-state index is 8.19. The van der Waals surface area contributed by atoms with Crippen LogP contribution in [0.25, 0.3) is 0 Å². The predicted molar refractivity (Wildman–Crippen MR) is 62.5 cm³/mol. The van der Waals surface area contributed by atoms with E-state index in [1.54, 1.807) is 0 Å². The van der Waals surface area contributed by atoms with Crippen LogP contribution in [0, 0.1) is 25.2 Å². The molecule has 80 valence electrons. The Balaban J connectivity index is 0.000000151. The zero-order valence-electron chi connectivity index (χ0n) is 9.62. The highest BCUT2D eigenvalue weighted by Gasteiger charge is 2.22. The van der Waals surface area contributed by atoms with Crippen molar-refractivity contribution in [2.75, 3.05) is 0 Å². The van der Waals surface area contributed by atoms with Gasteiger partial charge in [0.2, 0.25) is 0 Å². The summed E-state index contributed by atoms with van der Waals surface area (Å²) in [4.78, 5) is 0. The van der Waals surface area contributed by atoms with Crippen LogP contribution >= 0.6 is 0 Å². The average Bonchev–Trinajstić information content (AvgIpc) is 2.19. The van der Waals surface area contributed by atoms with E-state index in [-0.39, 0.29) is 6.04 Å². The Labute approximate surface area is 91.9 Å². The Bertz CT molecular complexity index is 308. The van der Waals surface area contributed by atoms with E-state index in [0.717, 1.165) is 6.42 Å². The molecular formula is C13H18N2. The molecule has 1 N–H and O–H groups in total. The number of rotatable bonds is 0. The van der Waals surface area contributed by atoms with Crippen molar-refractivity contribution in [3.63, 3.8) is 0 Å². The lowest BCUT2D eigenvalue weighted by molar-refractivity contribution is 0.337. The highest BCUT2D eigenvalue weighted by Crippen LogP contribution is 2.08. The molecule has 1 aliphatic heterocycles. The van der Waals surface area contributed by atoms with Crippen LogP contribution in [0.2, 0.25) is 0 Å². The predicted octanol–water partition coefficient (Wildman–Crippen LogP) is 2.56. The first kappa shape index (κ1) is 11.7. The molecule has 1 fully saturated rings. The highest BCUT2D eigenvalue weighted by molar-refractivity contribution is 5.19. The Morgan fingerprint density at radius 1 is 1.20 bits per heavy atom. The fourth-order valence-corrected chi connectivity index (χ4v) is 1.40. The van der Waals surface area contributed by atoms with Gasteiger partial charge in [0.05, 0.1) is 12.1 Å². The van der Waals surface area contributed by atoms with E-state index in [1.807, 2.05) is 0 Å². The summed E-state index contributed by atoms with van der Waals surface area (Å²) in [6.07, 6.45) is 1.02. The lowest BCUT2D eigenvalue weighted by Gasteiger charge is -2.28. The van der Waals surface area contributed by atoms with E-state index in [9.17, 15) is 0 Å². The van der Waals surface area contributed by atoms with Gasteiger partial charge in [0.15, 0.2) is 0 Å². The molecule has 0 aromatic heterocycles. The van der Waals surface area contributed by atoms with Crippen molar-refractivity contribution in [1.29, 1.82) is 5.26 Å². The normalized spacial score (nSPS) is 23.1. The standard InChI is InChI=1S/C8H10.C5H8N2/c1-7-3-5-8(2)6-4-7;1-4-2-5(3-6)7-4/h3-6H,1-2H3;4-5,7H,2H2,1H3. The van der Waals surface area contributed by atoms with Gasteiger partial charge in [-0.25, -0.2) is 0 Å². The van der Waals surface area contributed by atoms with Crippen molar-refractivity contribution in [3.05, 3.63) is 35.4 Å².